The number of aromatic nitrogens is 2. The summed E-state index contributed by atoms with van der Waals surface area (Å²) >= 11 is 1.68. The third-order valence-electron chi connectivity index (χ3n) is 4.47. The quantitative estimate of drug-likeness (QED) is 0.875. The second-order valence-electron chi connectivity index (χ2n) is 6.27. The molecular weight excluding hydrogens is 322 g/mol. The molecule has 1 amide bonds. The molecule has 1 fully saturated rings. The van der Waals surface area contributed by atoms with Crippen LogP contribution in [0.2, 0.25) is 0 Å². The fraction of sp³-hybridized carbons (Fsp3) is 0.500. The minimum absolute atomic E-state index is 0.0604. The lowest BCUT2D eigenvalue weighted by atomic mass is 9.87. The van der Waals surface area contributed by atoms with E-state index in [1.54, 1.807) is 29.7 Å². The van der Waals surface area contributed by atoms with E-state index in [1.165, 1.54) is 48.4 Å². The molecule has 5 nitrogen and oxygen atoms in total. The summed E-state index contributed by atoms with van der Waals surface area (Å²) in [4.78, 5) is 28.2. The van der Waals surface area contributed by atoms with Crippen LogP contribution < -0.4 is 10.9 Å². The van der Waals surface area contributed by atoms with Crippen molar-refractivity contribution in [3.05, 3.63) is 50.8 Å². The Morgan fingerprint density at radius 3 is 2.92 bits per heavy atom. The smallest absolute Gasteiger partial charge is 0.250 e. The van der Waals surface area contributed by atoms with Crippen LogP contribution in [0.5, 0.6) is 0 Å². The standard InChI is InChI=1S/C18H23N3O2S/c22-16(12-21-11-5-4-8-18(21)23)19-10-9-17-20-15(13-24-17)14-6-2-1-3-7-14/h4-5,8,11,13-14H,1-3,6-7,9-10,12H2,(H,19,22). The summed E-state index contributed by atoms with van der Waals surface area (Å²) in [7, 11) is 0. The molecule has 0 radical (unpaired) electrons. The third-order valence-corrected chi connectivity index (χ3v) is 5.39. The summed E-state index contributed by atoms with van der Waals surface area (Å²) in [6, 6.07) is 4.87. The lowest BCUT2D eigenvalue weighted by Crippen LogP contribution is -2.32. The zero-order valence-corrected chi connectivity index (χ0v) is 14.6. The molecule has 2 aromatic heterocycles. The number of carbonyl (C=O) groups excluding carboxylic acids is 1. The van der Waals surface area contributed by atoms with Crippen LogP contribution in [-0.4, -0.2) is 22.0 Å². The predicted molar refractivity (Wildman–Crippen MR) is 95.4 cm³/mol. The Bertz CT molecular complexity index is 732. The molecule has 6 heteroatoms. The number of nitrogens with one attached hydrogen (secondary N) is 1. The van der Waals surface area contributed by atoms with Crippen molar-refractivity contribution in [3.63, 3.8) is 0 Å². The lowest BCUT2D eigenvalue weighted by Gasteiger charge is -2.19. The van der Waals surface area contributed by atoms with Gasteiger partial charge in [0.25, 0.3) is 5.56 Å². The number of nitrogens with zero attached hydrogens (tertiary/aromatic N) is 2. The monoisotopic (exact) mass is 345 g/mol. The average molecular weight is 345 g/mol. The molecule has 0 saturated heterocycles. The molecule has 24 heavy (non-hydrogen) atoms. The first kappa shape index (κ1) is 16.9. The van der Waals surface area contributed by atoms with Gasteiger partial charge in [-0.3, -0.25) is 9.59 Å². The second-order valence-corrected chi connectivity index (χ2v) is 7.21. The maximum Gasteiger partial charge on any atom is 0.250 e. The molecule has 0 aromatic carbocycles. The summed E-state index contributed by atoms with van der Waals surface area (Å²) in [6.45, 7) is 0.614. The van der Waals surface area contributed by atoms with Crippen LogP contribution in [0.3, 0.4) is 0 Å². The fourth-order valence-electron chi connectivity index (χ4n) is 3.14. The first-order valence-electron chi connectivity index (χ1n) is 8.59. The van der Waals surface area contributed by atoms with Gasteiger partial charge in [-0.05, 0) is 18.9 Å². The van der Waals surface area contributed by atoms with Crippen molar-refractivity contribution in [2.24, 2.45) is 0 Å². The van der Waals surface area contributed by atoms with Gasteiger partial charge in [0.1, 0.15) is 6.54 Å². The zero-order chi connectivity index (χ0) is 16.8. The van der Waals surface area contributed by atoms with Crippen molar-refractivity contribution < 1.29 is 4.79 Å². The molecule has 3 rings (SSSR count). The molecule has 0 aliphatic heterocycles. The van der Waals surface area contributed by atoms with Crippen LogP contribution in [0.1, 0.15) is 48.7 Å². The highest BCUT2D eigenvalue weighted by Gasteiger charge is 2.18. The van der Waals surface area contributed by atoms with E-state index < -0.39 is 0 Å². The second kappa shape index (κ2) is 8.24. The van der Waals surface area contributed by atoms with E-state index >= 15 is 0 Å². The number of hydrogen-bond acceptors (Lipinski definition) is 4. The number of carbonyl (C=O) groups is 1. The molecule has 1 aliphatic carbocycles. The van der Waals surface area contributed by atoms with Crippen LogP contribution >= 0.6 is 11.3 Å². The SMILES string of the molecule is O=C(Cn1ccccc1=O)NCCc1nc(C2CCCCC2)cs1. The molecule has 1 saturated carbocycles. The molecule has 0 atom stereocenters. The predicted octanol–water partition coefficient (Wildman–Crippen LogP) is 2.71. The van der Waals surface area contributed by atoms with E-state index in [0.717, 1.165) is 11.4 Å². The molecule has 1 aliphatic rings. The Kier molecular flexibility index (Phi) is 5.80. The van der Waals surface area contributed by atoms with Crippen molar-refractivity contribution in [1.82, 2.24) is 14.9 Å². The number of hydrogen-bond donors (Lipinski definition) is 1. The molecule has 0 unspecified atom stereocenters. The van der Waals surface area contributed by atoms with E-state index in [0.29, 0.717) is 12.5 Å². The first-order chi connectivity index (χ1) is 11.7. The Labute approximate surface area is 145 Å². The van der Waals surface area contributed by atoms with Gasteiger partial charge >= 0.3 is 0 Å². The van der Waals surface area contributed by atoms with Crippen molar-refractivity contribution in [2.45, 2.75) is 51.0 Å². The summed E-state index contributed by atoms with van der Waals surface area (Å²) in [5.41, 5.74) is 1.07. The van der Waals surface area contributed by atoms with E-state index in [-0.39, 0.29) is 18.0 Å². The molecule has 2 aromatic rings. The number of rotatable bonds is 6. The van der Waals surface area contributed by atoms with Crippen molar-refractivity contribution in [2.75, 3.05) is 6.54 Å². The summed E-state index contributed by atoms with van der Waals surface area (Å²) < 4.78 is 1.40. The van der Waals surface area contributed by atoms with Gasteiger partial charge in [0.2, 0.25) is 5.91 Å². The molecule has 1 N–H and O–H groups in total. The Hall–Kier alpha value is -1.95. The minimum atomic E-state index is -0.162. The molecule has 0 spiro atoms. The van der Waals surface area contributed by atoms with E-state index in [9.17, 15) is 9.59 Å². The van der Waals surface area contributed by atoms with Crippen LogP contribution in [-0.2, 0) is 17.8 Å². The highest BCUT2D eigenvalue weighted by atomic mass is 32.1. The maximum atomic E-state index is 11.9. The van der Waals surface area contributed by atoms with Crippen molar-refractivity contribution >= 4 is 17.2 Å². The summed E-state index contributed by atoms with van der Waals surface area (Å²) in [6.07, 6.45) is 8.85. The van der Waals surface area contributed by atoms with Crippen LogP contribution in [0.4, 0.5) is 0 Å². The topological polar surface area (TPSA) is 64.0 Å². The number of pyridine rings is 1. The maximum absolute atomic E-state index is 11.9. The van der Waals surface area contributed by atoms with Gasteiger partial charge in [-0.1, -0.05) is 25.3 Å². The molecular formula is C18H23N3O2S. The fourth-order valence-corrected chi connectivity index (χ4v) is 4.02. The third kappa shape index (κ3) is 4.54. The van der Waals surface area contributed by atoms with Gasteiger partial charge in [-0.15, -0.1) is 11.3 Å². The van der Waals surface area contributed by atoms with Crippen molar-refractivity contribution in [3.8, 4) is 0 Å². The number of thiazole rings is 1. The lowest BCUT2D eigenvalue weighted by molar-refractivity contribution is -0.121. The van der Waals surface area contributed by atoms with Crippen LogP contribution in [0.25, 0.3) is 0 Å². The van der Waals surface area contributed by atoms with E-state index in [1.807, 2.05) is 0 Å². The van der Waals surface area contributed by atoms with Crippen LogP contribution in [0.15, 0.2) is 34.6 Å². The van der Waals surface area contributed by atoms with Crippen molar-refractivity contribution in [1.29, 1.82) is 0 Å². The molecule has 128 valence electrons. The zero-order valence-electron chi connectivity index (χ0n) is 13.7. The van der Waals surface area contributed by atoms with Gasteiger partial charge in [-0.2, -0.15) is 0 Å². The normalized spacial score (nSPS) is 15.3. The Morgan fingerprint density at radius 2 is 2.12 bits per heavy atom. The Morgan fingerprint density at radius 1 is 1.29 bits per heavy atom. The van der Waals surface area contributed by atoms with Gasteiger partial charge < -0.3 is 9.88 Å². The van der Waals surface area contributed by atoms with Gasteiger partial charge in [0.05, 0.1) is 10.7 Å². The highest BCUT2D eigenvalue weighted by Crippen LogP contribution is 2.33. The van der Waals surface area contributed by atoms with Gasteiger partial charge in [0, 0.05) is 36.5 Å². The summed E-state index contributed by atoms with van der Waals surface area (Å²) in [5.74, 6) is 0.482. The highest BCUT2D eigenvalue weighted by molar-refractivity contribution is 7.09. The number of amides is 1. The van der Waals surface area contributed by atoms with Crippen LogP contribution in [0, 0.1) is 0 Å². The minimum Gasteiger partial charge on any atom is -0.354 e. The Balaban J connectivity index is 1.44. The van der Waals surface area contributed by atoms with Gasteiger partial charge in [-0.25, -0.2) is 4.98 Å². The summed E-state index contributed by atoms with van der Waals surface area (Å²) in [5, 5.41) is 6.12. The molecule has 2 heterocycles. The molecule has 0 bridgehead atoms. The van der Waals surface area contributed by atoms with E-state index in [4.69, 9.17) is 4.98 Å². The van der Waals surface area contributed by atoms with E-state index in [2.05, 4.69) is 10.7 Å². The first-order valence-corrected chi connectivity index (χ1v) is 9.47. The van der Waals surface area contributed by atoms with Gasteiger partial charge in [0.15, 0.2) is 0 Å². The largest absolute Gasteiger partial charge is 0.354 e. The average Bonchev–Trinajstić information content (AvgIpc) is 3.07.